The summed E-state index contributed by atoms with van der Waals surface area (Å²) in [5.74, 6) is 0. The monoisotopic (exact) mass is 198 g/mol. The van der Waals surface area contributed by atoms with Gasteiger partial charge in [-0.25, -0.2) is 4.98 Å². The third-order valence-corrected chi connectivity index (χ3v) is 3.69. The number of hydrogen-bond acceptors (Lipinski definition) is 4. The van der Waals surface area contributed by atoms with Crippen molar-refractivity contribution in [2.75, 3.05) is 18.9 Å². The van der Waals surface area contributed by atoms with Gasteiger partial charge in [0.15, 0.2) is 5.13 Å². The quantitative estimate of drug-likeness (QED) is 0.748. The molecule has 0 aliphatic carbocycles. The lowest BCUT2D eigenvalue weighted by Crippen LogP contribution is -2.32. The molecule has 1 aliphatic rings. The van der Waals surface area contributed by atoms with Crippen molar-refractivity contribution in [1.82, 2.24) is 4.98 Å². The first-order valence-corrected chi connectivity index (χ1v) is 5.32. The Hall–Kier alpha value is -0.610. The number of aromatic nitrogens is 1. The van der Waals surface area contributed by atoms with Crippen LogP contribution in [0.5, 0.6) is 0 Å². The molecule has 3 nitrogen and oxygen atoms in total. The summed E-state index contributed by atoms with van der Waals surface area (Å²) < 4.78 is 5.49. The molecule has 1 aromatic rings. The zero-order chi connectivity index (χ0) is 9.31. The Kier molecular flexibility index (Phi) is 2.26. The maximum absolute atomic E-state index is 5.61. The molecule has 4 heteroatoms. The van der Waals surface area contributed by atoms with Crippen LogP contribution in [0.25, 0.3) is 0 Å². The van der Waals surface area contributed by atoms with E-state index in [4.69, 9.17) is 10.5 Å². The zero-order valence-electron chi connectivity index (χ0n) is 7.75. The summed E-state index contributed by atoms with van der Waals surface area (Å²) in [6.07, 6.45) is 4.19. The van der Waals surface area contributed by atoms with E-state index in [9.17, 15) is 0 Å². The van der Waals surface area contributed by atoms with Crippen LogP contribution in [0.1, 0.15) is 24.6 Å². The number of rotatable bonds is 1. The highest BCUT2D eigenvalue weighted by atomic mass is 32.1. The standard InChI is InChI=1S/C9H14N2OS/c1-9(3-2-4-12-6-9)7-5-11-8(10)13-7/h5H,2-4,6H2,1H3,(H2,10,11). The first-order chi connectivity index (χ1) is 6.21. The smallest absolute Gasteiger partial charge is 0.180 e. The fourth-order valence-electron chi connectivity index (χ4n) is 1.69. The van der Waals surface area contributed by atoms with Crippen molar-refractivity contribution < 1.29 is 4.74 Å². The normalized spacial score (nSPS) is 29.0. The maximum Gasteiger partial charge on any atom is 0.180 e. The van der Waals surface area contributed by atoms with Crippen LogP contribution in [0.4, 0.5) is 5.13 Å². The van der Waals surface area contributed by atoms with E-state index in [0.717, 1.165) is 19.6 Å². The lowest BCUT2D eigenvalue weighted by Gasteiger charge is -2.31. The number of hydrogen-bond donors (Lipinski definition) is 1. The molecule has 1 aromatic heterocycles. The van der Waals surface area contributed by atoms with E-state index in [0.29, 0.717) is 5.13 Å². The van der Waals surface area contributed by atoms with Gasteiger partial charge >= 0.3 is 0 Å². The second-order valence-electron chi connectivity index (χ2n) is 3.78. The van der Waals surface area contributed by atoms with Gasteiger partial charge in [0.2, 0.25) is 0 Å². The molecule has 0 saturated carbocycles. The molecule has 0 bridgehead atoms. The molecule has 2 rings (SSSR count). The highest BCUT2D eigenvalue weighted by molar-refractivity contribution is 7.15. The molecular weight excluding hydrogens is 184 g/mol. The second-order valence-corrected chi connectivity index (χ2v) is 4.84. The van der Waals surface area contributed by atoms with Crippen molar-refractivity contribution in [2.24, 2.45) is 0 Å². The average molecular weight is 198 g/mol. The predicted octanol–water partition coefficient (Wildman–Crippen LogP) is 1.79. The van der Waals surface area contributed by atoms with E-state index in [-0.39, 0.29) is 5.41 Å². The van der Waals surface area contributed by atoms with Crippen molar-refractivity contribution in [3.05, 3.63) is 11.1 Å². The Morgan fingerprint density at radius 2 is 2.54 bits per heavy atom. The fourth-order valence-corrected chi connectivity index (χ4v) is 2.54. The van der Waals surface area contributed by atoms with Crippen molar-refractivity contribution >= 4 is 16.5 Å². The van der Waals surface area contributed by atoms with Crippen molar-refractivity contribution in [3.8, 4) is 0 Å². The first kappa shape index (κ1) is 8.97. The number of nitrogens with zero attached hydrogens (tertiary/aromatic N) is 1. The van der Waals surface area contributed by atoms with Gasteiger partial charge in [-0.1, -0.05) is 6.92 Å². The van der Waals surface area contributed by atoms with E-state index in [1.165, 1.54) is 11.3 Å². The second kappa shape index (κ2) is 3.27. The van der Waals surface area contributed by atoms with Crippen LogP contribution in [0, 0.1) is 0 Å². The van der Waals surface area contributed by atoms with Crippen LogP contribution in [0.2, 0.25) is 0 Å². The Balaban J connectivity index is 2.22. The molecule has 1 saturated heterocycles. The molecule has 2 N–H and O–H groups in total. The van der Waals surface area contributed by atoms with Crippen molar-refractivity contribution in [1.29, 1.82) is 0 Å². The van der Waals surface area contributed by atoms with Gasteiger partial charge in [-0.15, -0.1) is 11.3 Å². The number of anilines is 1. The van der Waals surface area contributed by atoms with Crippen LogP contribution in [0.15, 0.2) is 6.20 Å². The Bertz CT molecular complexity index is 292. The van der Waals surface area contributed by atoms with E-state index in [1.54, 1.807) is 11.3 Å². The minimum atomic E-state index is 0.146. The summed E-state index contributed by atoms with van der Waals surface area (Å²) in [7, 11) is 0. The number of ether oxygens (including phenoxy) is 1. The maximum atomic E-state index is 5.61. The van der Waals surface area contributed by atoms with Gasteiger partial charge in [0.1, 0.15) is 0 Å². The van der Waals surface area contributed by atoms with Crippen LogP contribution in [-0.4, -0.2) is 18.2 Å². The molecule has 0 aromatic carbocycles. The number of nitrogen functional groups attached to an aromatic ring is 1. The molecule has 72 valence electrons. The molecule has 13 heavy (non-hydrogen) atoms. The van der Waals surface area contributed by atoms with E-state index >= 15 is 0 Å². The fraction of sp³-hybridized carbons (Fsp3) is 0.667. The molecule has 0 radical (unpaired) electrons. The van der Waals surface area contributed by atoms with E-state index in [2.05, 4.69) is 11.9 Å². The van der Waals surface area contributed by atoms with Gasteiger partial charge in [-0.2, -0.15) is 0 Å². The summed E-state index contributed by atoms with van der Waals surface area (Å²) in [5.41, 5.74) is 5.76. The molecule has 1 unspecified atom stereocenters. The summed E-state index contributed by atoms with van der Waals surface area (Å²) in [6, 6.07) is 0. The lowest BCUT2D eigenvalue weighted by atomic mass is 9.84. The minimum Gasteiger partial charge on any atom is -0.381 e. The van der Waals surface area contributed by atoms with Crippen molar-refractivity contribution in [3.63, 3.8) is 0 Å². The minimum absolute atomic E-state index is 0.146. The predicted molar refractivity (Wildman–Crippen MR) is 53.9 cm³/mol. The van der Waals surface area contributed by atoms with Gasteiger partial charge < -0.3 is 10.5 Å². The van der Waals surface area contributed by atoms with Crippen LogP contribution in [-0.2, 0) is 10.2 Å². The molecule has 2 heterocycles. The third kappa shape index (κ3) is 1.69. The van der Waals surface area contributed by atoms with Crippen molar-refractivity contribution in [2.45, 2.75) is 25.2 Å². The average Bonchev–Trinajstić information content (AvgIpc) is 2.54. The Morgan fingerprint density at radius 3 is 3.08 bits per heavy atom. The third-order valence-electron chi connectivity index (χ3n) is 2.56. The molecular formula is C9H14N2OS. The topological polar surface area (TPSA) is 48.1 Å². The highest BCUT2D eigenvalue weighted by Gasteiger charge is 2.31. The molecule has 1 atom stereocenters. The van der Waals surface area contributed by atoms with Gasteiger partial charge in [-0.3, -0.25) is 0 Å². The Morgan fingerprint density at radius 1 is 1.69 bits per heavy atom. The van der Waals surface area contributed by atoms with E-state index in [1.807, 2.05) is 6.20 Å². The summed E-state index contributed by atoms with van der Waals surface area (Å²) in [5, 5.41) is 0.654. The van der Waals surface area contributed by atoms with Crippen LogP contribution < -0.4 is 5.73 Å². The highest BCUT2D eigenvalue weighted by Crippen LogP contribution is 2.36. The summed E-state index contributed by atoms with van der Waals surface area (Å²) in [4.78, 5) is 5.33. The molecule has 1 aliphatic heterocycles. The van der Waals surface area contributed by atoms with Crippen LogP contribution in [0.3, 0.4) is 0 Å². The van der Waals surface area contributed by atoms with Gasteiger partial charge in [0, 0.05) is 23.1 Å². The molecule has 0 spiro atoms. The summed E-state index contributed by atoms with van der Waals surface area (Å²) >= 11 is 1.58. The van der Waals surface area contributed by atoms with Gasteiger partial charge in [0.25, 0.3) is 0 Å². The molecule has 1 fully saturated rings. The lowest BCUT2D eigenvalue weighted by molar-refractivity contribution is 0.0433. The zero-order valence-corrected chi connectivity index (χ0v) is 8.56. The van der Waals surface area contributed by atoms with Crippen LogP contribution >= 0.6 is 11.3 Å². The van der Waals surface area contributed by atoms with E-state index < -0.39 is 0 Å². The summed E-state index contributed by atoms with van der Waals surface area (Å²) in [6.45, 7) is 3.91. The van der Waals surface area contributed by atoms with Gasteiger partial charge in [-0.05, 0) is 12.8 Å². The molecule has 0 amide bonds. The SMILES string of the molecule is CC1(c2cnc(N)s2)CCCOC1. The first-order valence-electron chi connectivity index (χ1n) is 4.50. The number of thiazole rings is 1. The van der Waals surface area contributed by atoms with Gasteiger partial charge in [0.05, 0.1) is 6.61 Å². The largest absolute Gasteiger partial charge is 0.381 e. The number of nitrogens with two attached hydrogens (primary N) is 1. The Labute approximate surface area is 81.9 Å².